The molecule has 63 heavy (non-hydrogen) atoms. The number of nitrogens with zero attached hydrogens (tertiary/aromatic N) is 1. The molecular formula is C61H43NO. The van der Waals surface area contributed by atoms with Gasteiger partial charge in [0.15, 0.2) is 0 Å². The maximum Gasteiger partial charge on any atom is 0.135 e. The lowest BCUT2D eigenvalue weighted by atomic mass is 9.82. The lowest BCUT2D eigenvalue weighted by Crippen LogP contribution is -2.16. The maximum atomic E-state index is 6.84. The van der Waals surface area contributed by atoms with Gasteiger partial charge in [0, 0.05) is 33.6 Å². The molecule has 0 saturated carbocycles. The molecule has 0 N–H and O–H groups in total. The van der Waals surface area contributed by atoms with Gasteiger partial charge in [-0.05, 0) is 138 Å². The Morgan fingerprint density at radius 3 is 1.57 bits per heavy atom. The zero-order valence-electron chi connectivity index (χ0n) is 35.2. The third kappa shape index (κ3) is 6.17. The Morgan fingerprint density at radius 2 is 0.841 bits per heavy atom. The summed E-state index contributed by atoms with van der Waals surface area (Å²) in [6, 6.07) is 81.6. The minimum absolute atomic E-state index is 0.113. The van der Waals surface area contributed by atoms with Crippen LogP contribution in [0.2, 0.25) is 0 Å². The second-order valence-corrected chi connectivity index (χ2v) is 17.3. The summed E-state index contributed by atoms with van der Waals surface area (Å²) in [5.41, 5.74) is 20.2. The topological polar surface area (TPSA) is 12.5 Å². The van der Waals surface area contributed by atoms with Crippen LogP contribution in [0.3, 0.4) is 0 Å². The van der Waals surface area contributed by atoms with E-state index in [4.69, 9.17) is 4.74 Å². The average molecular weight is 806 g/mol. The highest BCUT2D eigenvalue weighted by Crippen LogP contribution is 2.53. The van der Waals surface area contributed by atoms with Gasteiger partial charge in [0.05, 0.1) is 0 Å². The van der Waals surface area contributed by atoms with Crippen molar-refractivity contribution in [2.45, 2.75) is 19.3 Å². The lowest BCUT2D eigenvalue weighted by Gasteiger charge is -2.28. The SMILES string of the molecule is CC1(C)c2ccccc2-c2ccc(N(c3ccc(-c4ccccc4)cc3)c3ccc(-c4ccc5c(c4)-c4cc(-c6ccccc6)ccc4Oc4ccc6ccccc6c4-5)cc3)cc21. The van der Waals surface area contributed by atoms with Crippen molar-refractivity contribution in [3.63, 3.8) is 0 Å². The Labute approximate surface area is 369 Å². The van der Waals surface area contributed by atoms with Gasteiger partial charge in [-0.25, -0.2) is 0 Å². The summed E-state index contributed by atoms with van der Waals surface area (Å²) in [6.07, 6.45) is 0. The summed E-state index contributed by atoms with van der Waals surface area (Å²) in [6.45, 7) is 4.70. The van der Waals surface area contributed by atoms with Crippen LogP contribution in [-0.2, 0) is 5.41 Å². The van der Waals surface area contributed by atoms with Crippen LogP contribution in [0.25, 0.3) is 77.5 Å². The van der Waals surface area contributed by atoms with Crippen LogP contribution in [0, 0.1) is 0 Å². The van der Waals surface area contributed by atoms with Crippen molar-refractivity contribution in [2.75, 3.05) is 4.90 Å². The first-order valence-corrected chi connectivity index (χ1v) is 21.8. The zero-order valence-corrected chi connectivity index (χ0v) is 35.2. The molecule has 2 nitrogen and oxygen atoms in total. The predicted octanol–water partition coefficient (Wildman–Crippen LogP) is 17.1. The first kappa shape index (κ1) is 36.9. The third-order valence-electron chi connectivity index (χ3n) is 13.3. The van der Waals surface area contributed by atoms with E-state index >= 15 is 0 Å². The summed E-state index contributed by atoms with van der Waals surface area (Å²) in [4.78, 5) is 2.40. The normalized spacial score (nSPS) is 12.9. The fraction of sp³-hybridized carbons (Fsp3) is 0.0492. The van der Waals surface area contributed by atoms with Gasteiger partial charge in [0.1, 0.15) is 11.5 Å². The van der Waals surface area contributed by atoms with E-state index in [1.807, 2.05) is 0 Å². The standard InChI is InChI=1S/C61H43NO/c1-61(2)56-20-12-11-19-51(56)52-34-32-49(39-57(52)61)62(47-28-21-42(22-29-47)40-13-5-3-6-14-40)48-30-23-43(24-31-48)45-25-33-53-54(37-45)55-38-46(41-15-7-4-8-16-41)27-35-58(55)63-59-36-26-44-17-9-10-18-50(44)60(53)59/h3-39H,1-2H3. The van der Waals surface area contributed by atoms with E-state index in [2.05, 4.69) is 243 Å². The van der Waals surface area contributed by atoms with Crippen LogP contribution >= 0.6 is 0 Å². The molecule has 0 amide bonds. The molecule has 0 atom stereocenters. The van der Waals surface area contributed by atoms with Gasteiger partial charge in [-0.15, -0.1) is 0 Å². The third-order valence-corrected chi connectivity index (χ3v) is 13.3. The number of hydrogen-bond donors (Lipinski definition) is 0. The summed E-state index contributed by atoms with van der Waals surface area (Å²) in [7, 11) is 0. The number of benzene rings is 10. The fourth-order valence-electron chi connectivity index (χ4n) is 10.1. The van der Waals surface area contributed by atoms with Crippen molar-refractivity contribution >= 4 is 27.8 Å². The second-order valence-electron chi connectivity index (χ2n) is 17.3. The molecular weight excluding hydrogens is 763 g/mol. The molecule has 0 fully saturated rings. The fourth-order valence-corrected chi connectivity index (χ4v) is 10.1. The molecule has 0 spiro atoms. The molecule has 0 unspecified atom stereocenters. The molecule has 1 aliphatic heterocycles. The van der Waals surface area contributed by atoms with E-state index in [0.717, 1.165) is 67.5 Å². The molecule has 12 rings (SSSR count). The summed E-state index contributed by atoms with van der Waals surface area (Å²) in [5, 5.41) is 2.37. The van der Waals surface area contributed by atoms with Crippen LogP contribution in [0.15, 0.2) is 224 Å². The van der Waals surface area contributed by atoms with Gasteiger partial charge >= 0.3 is 0 Å². The summed E-state index contributed by atoms with van der Waals surface area (Å²) < 4.78 is 6.84. The minimum Gasteiger partial charge on any atom is -0.456 e. The molecule has 2 heteroatoms. The van der Waals surface area contributed by atoms with Crippen LogP contribution in [0.1, 0.15) is 25.0 Å². The summed E-state index contributed by atoms with van der Waals surface area (Å²) in [5.74, 6) is 1.72. The largest absolute Gasteiger partial charge is 0.456 e. The van der Waals surface area contributed by atoms with Gasteiger partial charge in [-0.3, -0.25) is 0 Å². The van der Waals surface area contributed by atoms with Crippen LogP contribution < -0.4 is 9.64 Å². The van der Waals surface area contributed by atoms with E-state index in [1.165, 1.54) is 49.7 Å². The van der Waals surface area contributed by atoms with E-state index in [-0.39, 0.29) is 5.41 Å². The van der Waals surface area contributed by atoms with Crippen molar-refractivity contribution in [3.05, 3.63) is 236 Å². The quantitative estimate of drug-likeness (QED) is 0.166. The van der Waals surface area contributed by atoms with Gasteiger partial charge < -0.3 is 9.64 Å². The highest BCUT2D eigenvalue weighted by Gasteiger charge is 2.36. The molecule has 298 valence electrons. The first-order chi connectivity index (χ1) is 31.0. The highest BCUT2D eigenvalue weighted by molar-refractivity contribution is 6.06. The Balaban J connectivity index is 0.981. The second kappa shape index (κ2) is 14.6. The first-order valence-electron chi connectivity index (χ1n) is 21.8. The molecule has 1 aliphatic carbocycles. The Kier molecular flexibility index (Phi) is 8.55. The number of ether oxygens (including phenoxy) is 1. The molecule has 10 aromatic rings. The monoisotopic (exact) mass is 805 g/mol. The van der Waals surface area contributed by atoms with E-state index in [1.54, 1.807) is 0 Å². The predicted molar refractivity (Wildman–Crippen MR) is 263 cm³/mol. The lowest BCUT2D eigenvalue weighted by molar-refractivity contribution is 0.488. The average Bonchev–Trinajstić information content (AvgIpc) is 3.47. The minimum atomic E-state index is -0.113. The van der Waals surface area contributed by atoms with Crippen molar-refractivity contribution in [3.8, 4) is 78.3 Å². The molecule has 0 saturated heterocycles. The zero-order chi connectivity index (χ0) is 42.1. The van der Waals surface area contributed by atoms with Gasteiger partial charge in [0.2, 0.25) is 0 Å². The molecule has 0 aromatic heterocycles. The van der Waals surface area contributed by atoms with Crippen molar-refractivity contribution < 1.29 is 4.74 Å². The van der Waals surface area contributed by atoms with Gasteiger partial charge in [-0.2, -0.15) is 0 Å². The smallest absolute Gasteiger partial charge is 0.135 e. The van der Waals surface area contributed by atoms with Crippen LogP contribution in [0.5, 0.6) is 11.5 Å². The number of fused-ring (bicyclic) bond motifs is 10. The van der Waals surface area contributed by atoms with Gasteiger partial charge in [-0.1, -0.05) is 178 Å². The Hall–Kier alpha value is -7.94. The Morgan fingerprint density at radius 1 is 0.333 bits per heavy atom. The number of anilines is 3. The molecule has 0 bridgehead atoms. The molecule has 2 aliphatic rings. The Bertz CT molecular complexity index is 3370. The number of rotatable bonds is 6. The molecule has 10 aromatic carbocycles. The van der Waals surface area contributed by atoms with E-state index in [0.29, 0.717) is 0 Å². The van der Waals surface area contributed by atoms with Gasteiger partial charge in [0.25, 0.3) is 0 Å². The van der Waals surface area contributed by atoms with Crippen molar-refractivity contribution in [1.82, 2.24) is 0 Å². The van der Waals surface area contributed by atoms with Crippen molar-refractivity contribution in [2.24, 2.45) is 0 Å². The molecule has 1 heterocycles. The van der Waals surface area contributed by atoms with E-state index < -0.39 is 0 Å². The maximum absolute atomic E-state index is 6.84. The van der Waals surface area contributed by atoms with Crippen molar-refractivity contribution in [1.29, 1.82) is 0 Å². The number of hydrogen-bond acceptors (Lipinski definition) is 2. The van der Waals surface area contributed by atoms with Crippen LogP contribution in [-0.4, -0.2) is 0 Å². The van der Waals surface area contributed by atoms with Crippen LogP contribution in [0.4, 0.5) is 17.1 Å². The molecule has 0 radical (unpaired) electrons. The highest BCUT2D eigenvalue weighted by atomic mass is 16.5. The summed E-state index contributed by atoms with van der Waals surface area (Å²) >= 11 is 0. The van der Waals surface area contributed by atoms with E-state index in [9.17, 15) is 0 Å².